The molecule has 0 fully saturated rings. The van der Waals surface area contributed by atoms with Gasteiger partial charge >= 0.3 is 0 Å². The number of nitrogens with one attached hydrogen (secondary N) is 2. The van der Waals surface area contributed by atoms with Crippen LogP contribution in [0.15, 0.2) is 53.6 Å². The van der Waals surface area contributed by atoms with Crippen molar-refractivity contribution in [3.05, 3.63) is 70.5 Å². The van der Waals surface area contributed by atoms with Crippen LogP contribution in [0.25, 0.3) is 16.6 Å². The van der Waals surface area contributed by atoms with Crippen LogP contribution in [-0.4, -0.2) is 19.5 Å². The van der Waals surface area contributed by atoms with Gasteiger partial charge < -0.3 is 15.4 Å². The van der Waals surface area contributed by atoms with Gasteiger partial charge in [-0.05, 0) is 36.4 Å². The third-order valence-electron chi connectivity index (χ3n) is 3.87. The quantitative estimate of drug-likeness (QED) is 0.535. The van der Waals surface area contributed by atoms with Crippen molar-refractivity contribution in [2.24, 2.45) is 0 Å². The van der Waals surface area contributed by atoms with Crippen LogP contribution in [0.1, 0.15) is 13.0 Å². The molecule has 3 N–H and O–H groups in total. The Labute approximate surface area is 142 Å². The molecule has 25 heavy (non-hydrogen) atoms. The van der Waals surface area contributed by atoms with Gasteiger partial charge in [0.2, 0.25) is 0 Å². The number of fused-ring (bicyclic) bond motifs is 2. The number of nitrogens with zero attached hydrogens (tertiary/aromatic N) is 2. The minimum atomic E-state index is -0.608. The van der Waals surface area contributed by atoms with Gasteiger partial charge in [-0.2, -0.15) is 0 Å². The van der Waals surface area contributed by atoms with Crippen molar-refractivity contribution in [3.63, 3.8) is 0 Å². The third kappa shape index (κ3) is 2.74. The van der Waals surface area contributed by atoms with E-state index in [2.05, 4.69) is 15.3 Å². The van der Waals surface area contributed by atoms with E-state index in [1.165, 1.54) is 18.3 Å². The molecule has 3 aromatic heterocycles. The van der Waals surface area contributed by atoms with Gasteiger partial charge in [0.25, 0.3) is 5.56 Å². The van der Waals surface area contributed by atoms with Crippen molar-refractivity contribution in [3.8, 4) is 0 Å². The number of halogens is 1. The Kier molecular flexibility index (Phi) is 4.24. The van der Waals surface area contributed by atoms with E-state index in [9.17, 15) is 14.3 Å². The highest BCUT2D eigenvalue weighted by Gasteiger charge is 2.14. The van der Waals surface area contributed by atoms with Crippen LogP contribution in [-0.2, 0) is 6.61 Å². The molecule has 3 heterocycles. The summed E-state index contributed by atoms with van der Waals surface area (Å²) in [6.45, 7) is -0.500. The number of aromatic nitrogens is 3. The molecule has 0 atom stereocenters. The smallest absolute Gasteiger partial charge is 0.265 e. The first-order valence-corrected chi connectivity index (χ1v) is 7.32. The molecule has 0 radical (unpaired) electrons. The molecule has 4 aromatic rings. The number of rotatable bonds is 3. The van der Waals surface area contributed by atoms with E-state index in [0.717, 1.165) is 15.3 Å². The van der Waals surface area contributed by atoms with Gasteiger partial charge in [-0.1, -0.05) is 7.43 Å². The Hall–Kier alpha value is -3.19. The monoisotopic (exact) mass is 340 g/mol. The molecular weight excluding hydrogens is 323 g/mol. The molecule has 128 valence electrons. The predicted octanol–water partition coefficient (Wildman–Crippen LogP) is 3.19. The number of pyridine rings is 1. The van der Waals surface area contributed by atoms with Gasteiger partial charge in [-0.25, -0.2) is 9.37 Å². The lowest BCUT2D eigenvalue weighted by molar-refractivity contribution is 0.280. The van der Waals surface area contributed by atoms with Gasteiger partial charge in [-0.15, -0.1) is 0 Å². The van der Waals surface area contributed by atoms with Gasteiger partial charge in [0.15, 0.2) is 11.5 Å². The lowest BCUT2D eigenvalue weighted by atomic mass is 10.2. The minimum Gasteiger partial charge on any atom is -0.391 e. The molecule has 0 unspecified atom stereocenters. The fourth-order valence-corrected chi connectivity index (χ4v) is 2.68. The van der Waals surface area contributed by atoms with Crippen molar-refractivity contribution >= 4 is 28.1 Å². The maximum Gasteiger partial charge on any atom is 0.265 e. The predicted molar refractivity (Wildman–Crippen MR) is 95.7 cm³/mol. The average molecular weight is 340 g/mol. The molecule has 7 heteroatoms. The fraction of sp³-hybridized carbons (Fsp3) is 0.111. The molecule has 6 nitrogen and oxygen atoms in total. The molecule has 0 spiro atoms. The number of aliphatic hydroxyl groups excluding tert-OH is 1. The van der Waals surface area contributed by atoms with E-state index in [-0.39, 0.29) is 24.5 Å². The van der Waals surface area contributed by atoms with E-state index < -0.39 is 18.0 Å². The van der Waals surface area contributed by atoms with Crippen LogP contribution < -0.4 is 10.9 Å². The molecule has 4 rings (SSSR count). The number of anilines is 2. The summed E-state index contributed by atoms with van der Waals surface area (Å²) in [5, 5.41) is 13.5. The fourth-order valence-electron chi connectivity index (χ4n) is 2.68. The van der Waals surface area contributed by atoms with Crippen molar-refractivity contribution in [2.75, 3.05) is 5.32 Å². The second kappa shape index (κ2) is 6.37. The van der Waals surface area contributed by atoms with E-state index in [0.29, 0.717) is 5.69 Å². The molecular formula is C18H17FN4O2. The second-order valence-electron chi connectivity index (χ2n) is 5.36. The maximum absolute atomic E-state index is 14.0. The molecule has 0 amide bonds. The van der Waals surface area contributed by atoms with Crippen LogP contribution in [0.3, 0.4) is 0 Å². The van der Waals surface area contributed by atoms with E-state index in [1.807, 2.05) is 30.5 Å². The normalized spacial score (nSPS) is 10.8. The molecule has 0 aliphatic rings. The summed E-state index contributed by atoms with van der Waals surface area (Å²) < 4.78 is 15.1. The van der Waals surface area contributed by atoms with Gasteiger partial charge in [-0.3, -0.25) is 9.20 Å². The van der Waals surface area contributed by atoms with Crippen LogP contribution in [0.2, 0.25) is 0 Å². The first-order chi connectivity index (χ1) is 11.7. The highest BCUT2D eigenvalue weighted by molar-refractivity contribution is 5.84. The first-order valence-electron chi connectivity index (χ1n) is 7.32. The number of hydrogen-bond acceptors (Lipinski definition) is 4. The van der Waals surface area contributed by atoms with Gasteiger partial charge in [0.05, 0.1) is 12.2 Å². The highest BCUT2D eigenvalue weighted by atomic mass is 19.1. The lowest BCUT2D eigenvalue weighted by Crippen LogP contribution is -2.22. The highest BCUT2D eigenvalue weighted by Crippen LogP contribution is 2.22. The van der Waals surface area contributed by atoms with Crippen molar-refractivity contribution in [1.29, 1.82) is 0 Å². The molecule has 0 aliphatic carbocycles. The molecule has 0 bridgehead atoms. The molecule has 1 aromatic carbocycles. The summed E-state index contributed by atoms with van der Waals surface area (Å²) in [6.07, 6.45) is 3.24. The number of aliphatic hydroxyl groups is 1. The Morgan fingerprint density at radius 1 is 1.28 bits per heavy atom. The van der Waals surface area contributed by atoms with Gasteiger partial charge in [0, 0.05) is 29.0 Å². The molecule has 0 saturated heterocycles. The zero-order chi connectivity index (χ0) is 16.7. The zero-order valence-electron chi connectivity index (χ0n) is 12.5. The second-order valence-corrected chi connectivity index (χ2v) is 5.36. The van der Waals surface area contributed by atoms with Crippen molar-refractivity contribution in [1.82, 2.24) is 14.4 Å². The van der Waals surface area contributed by atoms with Crippen molar-refractivity contribution in [2.45, 2.75) is 14.0 Å². The number of H-pyrrole nitrogens is 1. The Balaban J connectivity index is 0.00000182. The minimum absolute atomic E-state index is 0. The van der Waals surface area contributed by atoms with Crippen molar-refractivity contribution < 1.29 is 9.50 Å². The maximum atomic E-state index is 14.0. The van der Waals surface area contributed by atoms with Crippen LogP contribution in [0, 0.1) is 5.82 Å². The summed E-state index contributed by atoms with van der Waals surface area (Å²) in [6, 6.07) is 10.1. The summed E-state index contributed by atoms with van der Waals surface area (Å²) in [4.78, 5) is 19.7. The Bertz CT molecular complexity index is 1120. The lowest BCUT2D eigenvalue weighted by Gasteiger charge is -2.11. The number of hydrogen-bond donors (Lipinski definition) is 3. The van der Waals surface area contributed by atoms with E-state index in [1.54, 1.807) is 0 Å². The van der Waals surface area contributed by atoms with Crippen LogP contribution in [0.5, 0.6) is 0 Å². The summed E-state index contributed by atoms with van der Waals surface area (Å²) in [7, 11) is 0. The Morgan fingerprint density at radius 3 is 2.92 bits per heavy atom. The summed E-state index contributed by atoms with van der Waals surface area (Å²) in [5.74, 6) is -0.467. The van der Waals surface area contributed by atoms with Crippen LogP contribution >= 0.6 is 0 Å². The average Bonchev–Trinajstić information content (AvgIpc) is 3.04. The van der Waals surface area contributed by atoms with Crippen LogP contribution in [0.4, 0.5) is 15.9 Å². The summed E-state index contributed by atoms with van der Waals surface area (Å²) >= 11 is 0. The zero-order valence-corrected chi connectivity index (χ0v) is 12.5. The standard InChI is InChI=1S/C17H13FN4O2.CH4/c18-13-2-1-7-22-16(13)21-15(12(9-23)17(22)24)20-11-3-4-14-10(8-11)5-6-19-14;/h1-8,19-20,23H,9H2;1H4. The largest absolute Gasteiger partial charge is 0.391 e. The third-order valence-corrected chi connectivity index (χ3v) is 3.87. The first kappa shape index (κ1) is 16.7. The van der Waals surface area contributed by atoms with Gasteiger partial charge in [0.1, 0.15) is 5.82 Å². The number of benzene rings is 1. The Morgan fingerprint density at radius 2 is 2.12 bits per heavy atom. The summed E-state index contributed by atoms with van der Waals surface area (Å²) in [5.41, 5.74) is 1.13. The number of aromatic amines is 1. The van der Waals surface area contributed by atoms with E-state index in [4.69, 9.17) is 0 Å². The van der Waals surface area contributed by atoms with E-state index >= 15 is 0 Å². The molecule has 0 saturated carbocycles. The SMILES string of the molecule is C.O=c1c(CO)c(Nc2ccc3[nH]ccc3c2)nc2c(F)cccn12. The topological polar surface area (TPSA) is 82.4 Å². The molecule has 0 aliphatic heterocycles.